The van der Waals surface area contributed by atoms with Crippen LogP contribution < -0.4 is 0 Å². The minimum Gasteiger partial charge on any atom is -0.192 e. The van der Waals surface area contributed by atoms with E-state index in [4.69, 9.17) is 5.26 Å². The Bertz CT molecular complexity index is 341. The third-order valence-electron chi connectivity index (χ3n) is 2.69. The van der Waals surface area contributed by atoms with Crippen molar-refractivity contribution in [3.05, 3.63) is 35.4 Å². The maximum atomic E-state index is 8.70. The zero-order chi connectivity index (χ0) is 11.3. The van der Waals surface area contributed by atoms with Crippen molar-refractivity contribution in [2.45, 2.75) is 40.0 Å². The molecule has 0 aliphatic rings. The predicted octanol–water partition coefficient (Wildman–Crippen LogP) is 3.93. The molecule has 0 aliphatic carbocycles. The summed E-state index contributed by atoms with van der Waals surface area (Å²) in [7, 11) is 0. The topological polar surface area (TPSA) is 23.8 Å². The predicted molar refractivity (Wildman–Crippen MR) is 63.6 cm³/mol. The molecule has 0 unspecified atom stereocenters. The lowest BCUT2D eigenvalue weighted by atomic mass is 9.82. The van der Waals surface area contributed by atoms with Crippen LogP contribution in [0.5, 0.6) is 0 Å². The fourth-order valence-electron chi connectivity index (χ4n) is 2.01. The summed E-state index contributed by atoms with van der Waals surface area (Å²) in [6.45, 7) is 6.82. The number of hydrogen-bond acceptors (Lipinski definition) is 1. The van der Waals surface area contributed by atoms with Crippen molar-refractivity contribution in [1.82, 2.24) is 0 Å². The van der Waals surface area contributed by atoms with Gasteiger partial charge in [0.1, 0.15) is 0 Å². The van der Waals surface area contributed by atoms with Gasteiger partial charge in [-0.1, -0.05) is 39.3 Å². The summed E-state index contributed by atoms with van der Waals surface area (Å²) in [5.41, 5.74) is 2.43. The van der Waals surface area contributed by atoms with Crippen LogP contribution in [0.3, 0.4) is 0 Å². The monoisotopic (exact) mass is 201 g/mol. The van der Waals surface area contributed by atoms with E-state index in [2.05, 4.69) is 39.0 Å². The standard InChI is InChI=1S/C14H19N/c1-4-9-14(2,3)10-12-5-7-13(11-15)8-6-12/h5-8H,4,9-10H2,1-3H3. The summed E-state index contributed by atoms with van der Waals surface area (Å²) in [6, 6.07) is 10.1. The lowest BCUT2D eigenvalue weighted by molar-refractivity contribution is 0.329. The Morgan fingerprint density at radius 1 is 1.20 bits per heavy atom. The van der Waals surface area contributed by atoms with Crippen LogP contribution in [0, 0.1) is 16.7 Å². The highest BCUT2D eigenvalue weighted by Gasteiger charge is 2.16. The maximum absolute atomic E-state index is 8.70. The van der Waals surface area contributed by atoms with Gasteiger partial charge in [-0.15, -0.1) is 0 Å². The molecule has 1 aromatic rings. The first-order chi connectivity index (χ1) is 7.07. The first-order valence-corrected chi connectivity index (χ1v) is 5.56. The van der Waals surface area contributed by atoms with Crippen LogP contribution in [0.1, 0.15) is 44.7 Å². The van der Waals surface area contributed by atoms with Gasteiger partial charge in [0.2, 0.25) is 0 Å². The molecule has 0 bridgehead atoms. The Morgan fingerprint density at radius 2 is 1.80 bits per heavy atom. The van der Waals surface area contributed by atoms with Crippen LogP contribution in [0.2, 0.25) is 0 Å². The summed E-state index contributed by atoms with van der Waals surface area (Å²) < 4.78 is 0. The van der Waals surface area contributed by atoms with Gasteiger partial charge in [0, 0.05) is 0 Å². The largest absolute Gasteiger partial charge is 0.192 e. The van der Waals surface area contributed by atoms with E-state index in [1.54, 1.807) is 0 Å². The summed E-state index contributed by atoms with van der Waals surface area (Å²) in [5.74, 6) is 0. The van der Waals surface area contributed by atoms with Gasteiger partial charge in [-0.05, 0) is 36.0 Å². The molecule has 0 amide bonds. The van der Waals surface area contributed by atoms with Crippen molar-refractivity contribution in [3.63, 3.8) is 0 Å². The Labute approximate surface area is 92.7 Å². The van der Waals surface area contributed by atoms with Crippen LogP contribution in [-0.4, -0.2) is 0 Å². The van der Waals surface area contributed by atoms with E-state index in [1.807, 2.05) is 12.1 Å². The molecule has 0 saturated carbocycles. The molecule has 80 valence electrons. The Balaban J connectivity index is 2.69. The Hall–Kier alpha value is -1.29. The van der Waals surface area contributed by atoms with Gasteiger partial charge in [-0.2, -0.15) is 5.26 Å². The van der Waals surface area contributed by atoms with E-state index < -0.39 is 0 Å². The van der Waals surface area contributed by atoms with Crippen molar-refractivity contribution in [1.29, 1.82) is 5.26 Å². The SMILES string of the molecule is CCCC(C)(C)Cc1ccc(C#N)cc1. The van der Waals surface area contributed by atoms with E-state index >= 15 is 0 Å². The summed E-state index contributed by atoms with van der Waals surface area (Å²) in [5, 5.41) is 8.70. The molecule has 1 rings (SSSR count). The molecule has 0 aliphatic heterocycles. The number of nitrogens with zero attached hydrogens (tertiary/aromatic N) is 1. The molecule has 0 N–H and O–H groups in total. The molecule has 0 fully saturated rings. The molecule has 0 aromatic heterocycles. The molecule has 0 atom stereocenters. The third-order valence-corrected chi connectivity index (χ3v) is 2.69. The van der Waals surface area contributed by atoms with Gasteiger partial charge in [-0.3, -0.25) is 0 Å². The zero-order valence-corrected chi connectivity index (χ0v) is 9.88. The number of benzene rings is 1. The van der Waals surface area contributed by atoms with E-state index in [0.29, 0.717) is 5.41 Å². The number of nitriles is 1. The van der Waals surface area contributed by atoms with Gasteiger partial charge in [-0.25, -0.2) is 0 Å². The van der Waals surface area contributed by atoms with Gasteiger partial charge in [0.25, 0.3) is 0 Å². The van der Waals surface area contributed by atoms with Gasteiger partial charge < -0.3 is 0 Å². The smallest absolute Gasteiger partial charge is 0.0991 e. The lowest BCUT2D eigenvalue weighted by Crippen LogP contribution is -2.14. The molecule has 0 radical (unpaired) electrons. The van der Waals surface area contributed by atoms with Gasteiger partial charge >= 0.3 is 0 Å². The van der Waals surface area contributed by atoms with E-state index in [0.717, 1.165) is 12.0 Å². The third kappa shape index (κ3) is 3.75. The van der Waals surface area contributed by atoms with Crippen LogP contribution in [-0.2, 0) is 6.42 Å². The zero-order valence-electron chi connectivity index (χ0n) is 9.88. The molecule has 1 aromatic carbocycles. The first kappa shape index (κ1) is 11.8. The van der Waals surface area contributed by atoms with Gasteiger partial charge in [0.05, 0.1) is 11.6 Å². The summed E-state index contributed by atoms with van der Waals surface area (Å²) >= 11 is 0. The van der Waals surface area contributed by atoms with Crippen molar-refractivity contribution < 1.29 is 0 Å². The molecule has 0 spiro atoms. The summed E-state index contributed by atoms with van der Waals surface area (Å²) in [6.07, 6.45) is 3.56. The molecular formula is C14H19N. The first-order valence-electron chi connectivity index (χ1n) is 5.56. The highest BCUT2D eigenvalue weighted by atomic mass is 14.2. The molecule has 15 heavy (non-hydrogen) atoms. The van der Waals surface area contributed by atoms with Crippen LogP contribution in [0.15, 0.2) is 24.3 Å². The maximum Gasteiger partial charge on any atom is 0.0991 e. The van der Waals surface area contributed by atoms with Crippen molar-refractivity contribution in [3.8, 4) is 6.07 Å². The van der Waals surface area contributed by atoms with Crippen molar-refractivity contribution in [2.24, 2.45) is 5.41 Å². The highest BCUT2D eigenvalue weighted by Crippen LogP contribution is 2.27. The molecule has 1 heteroatoms. The Morgan fingerprint density at radius 3 is 2.27 bits per heavy atom. The van der Waals surface area contributed by atoms with E-state index in [9.17, 15) is 0 Å². The second kappa shape index (κ2) is 4.98. The van der Waals surface area contributed by atoms with E-state index in [-0.39, 0.29) is 0 Å². The second-order valence-corrected chi connectivity index (χ2v) is 4.90. The van der Waals surface area contributed by atoms with Crippen molar-refractivity contribution >= 4 is 0 Å². The minimum absolute atomic E-state index is 0.364. The minimum atomic E-state index is 0.364. The van der Waals surface area contributed by atoms with Crippen molar-refractivity contribution in [2.75, 3.05) is 0 Å². The average Bonchev–Trinajstić information content (AvgIpc) is 2.18. The molecule has 0 saturated heterocycles. The van der Waals surface area contributed by atoms with E-state index in [1.165, 1.54) is 18.4 Å². The lowest BCUT2D eigenvalue weighted by Gasteiger charge is -2.23. The summed E-state index contributed by atoms with van der Waals surface area (Å²) in [4.78, 5) is 0. The molecular weight excluding hydrogens is 182 g/mol. The fourth-order valence-corrected chi connectivity index (χ4v) is 2.01. The van der Waals surface area contributed by atoms with Gasteiger partial charge in [0.15, 0.2) is 0 Å². The average molecular weight is 201 g/mol. The quantitative estimate of drug-likeness (QED) is 0.724. The highest BCUT2D eigenvalue weighted by molar-refractivity contribution is 5.31. The second-order valence-electron chi connectivity index (χ2n) is 4.90. The molecule has 0 heterocycles. The fraction of sp³-hybridized carbons (Fsp3) is 0.500. The number of hydrogen-bond donors (Lipinski definition) is 0. The Kier molecular flexibility index (Phi) is 3.91. The normalized spacial score (nSPS) is 11.1. The van der Waals surface area contributed by atoms with Crippen LogP contribution >= 0.6 is 0 Å². The van der Waals surface area contributed by atoms with Crippen LogP contribution in [0.4, 0.5) is 0 Å². The number of rotatable bonds is 4. The van der Waals surface area contributed by atoms with Crippen LogP contribution in [0.25, 0.3) is 0 Å². The molecule has 1 nitrogen and oxygen atoms in total.